The van der Waals surface area contributed by atoms with Gasteiger partial charge in [-0.3, -0.25) is 4.79 Å². The number of nitrogens with one attached hydrogen (secondary N) is 1. The van der Waals surface area contributed by atoms with Gasteiger partial charge in [0.05, 0.1) is 24.9 Å². The number of carbonyl (C=O) groups excluding carboxylic acids is 1. The van der Waals surface area contributed by atoms with E-state index in [9.17, 15) is 4.79 Å². The summed E-state index contributed by atoms with van der Waals surface area (Å²) in [6.07, 6.45) is 4.33. The summed E-state index contributed by atoms with van der Waals surface area (Å²) in [4.78, 5) is 13.9. The number of hydrogen-bond donors (Lipinski definition) is 1. The van der Waals surface area contributed by atoms with E-state index in [1.54, 1.807) is 0 Å². The standard InChI is InChI=1S/C15H20N4O2/c20-15(18-7-9-21-10-8-18)4-5-16-11-13-12-17-19-6-2-1-3-14(13)19/h1-3,6,12,16H,4-5,7-11H2. The van der Waals surface area contributed by atoms with Gasteiger partial charge in [0, 0.05) is 44.4 Å². The van der Waals surface area contributed by atoms with Crippen LogP contribution >= 0.6 is 0 Å². The Morgan fingerprint density at radius 1 is 1.33 bits per heavy atom. The number of amides is 1. The van der Waals surface area contributed by atoms with Gasteiger partial charge in [-0.15, -0.1) is 0 Å². The number of hydrogen-bond acceptors (Lipinski definition) is 4. The molecule has 1 fully saturated rings. The van der Waals surface area contributed by atoms with Crippen molar-refractivity contribution >= 4 is 11.4 Å². The second-order valence-electron chi connectivity index (χ2n) is 5.12. The monoisotopic (exact) mass is 288 g/mol. The molecule has 1 N–H and O–H groups in total. The van der Waals surface area contributed by atoms with Crippen LogP contribution in [0.25, 0.3) is 5.52 Å². The predicted octanol–water partition coefficient (Wildman–Crippen LogP) is 0.673. The summed E-state index contributed by atoms with van der Waals surface area (Å²) in [7, 11) is 0. The van der Waals surface area contributed by atoms with E-state index in [4.69, 9.17) is 4.74 Å². The van der Waals surface area contributed by atoms with Crippen molar-refractivity contribution in [1.82, 2.24) is 19.8 Å². The van der Waals surface area contributed by atoms with E-state index in [-0.39, 0.29) is 5.91 Å². The molecule has 112 valence electrons. The SMILES string of the molecule is O=C(CCNCc1cnn2ccccc12)N1CCOCC1. The minimum absolute atomic E-state index is 0.200. The molecule has 6 nitrogen and oxygen atoms in total. The Morgan fingerprint density at radius 3 is 3.05 bits per heavy atom. The van der Waals surface area contributed by atoms with Crippen LogP contribution in [0.3, 0.4) is 0 Å². The highest BCUT2D eigenvalue weighted by atomic mass is 16.5. The van der Waals surface area contributed by atoms with E-state index >= 15 is 0 Å². The number of morpholine rings is 1. The van der Waals surface area contributed by atoms with Crippen LogP contribution in [-0.2, 0) is 16.1 Å². The third-order valence-corrected chi connectivity index (χ3v) is 3.70. The fraction of sp³-hybridized carbons (Fsp3) is 0.467. The summed E-state index contributed by atoms with van der Waals surface area (Å²) in [5, 5.41) is 7.61. The minimum atomic E-state index is 0.200. The first-order valence-corrected chi connectivity index (χ1v) is 7.32. The highest BCUT2D eigenvalue weighted by Crippen LogP contribution is 2.09. The molecule has 0 aromatic carbocycles. The third-order valence-electron chi connectivity index (χ3n) is 3.70. The molecule has 1 aliphatic heterocycles. The van der Waals surface area contributed by atoms with Gasteiger partial charge in [0.25, 0.3) is 0 Å². The van der Waals surface area contributed by atoms with Gasteiger partial charge in [0.1, 0.15) is 0 Å². The van der Waals surface area contributed by atoms with Crippen LogP contribution < -0.4 is 5.32 Å². The van der Waals surface area contributed by atoms with E-state index in [1.807, 2.05) is 40.0 Å². The smallest absolute Gasteiger partial charge is 0.224 e. The fourth-order valence-electron chi connectivity index (χ4n) is 2.51. The molecule has 2 aromatic rings. The fourth-order valence-corrected chi connectivity index (χ4v) is 2.51. The highest BCUT2D eigenvalue weighted by Gasteiger charge is 2.15. The number of ether oxygens (including phenoxy) is 1. The zero-order chi connectivity index (χ0) is 14.5. The molecule has 1 amide bonds. The van der Waals surface area contributed by atoms with Crippen LogP contribution in [-0.4, -0.2) is 53.3 Å². The van der Waals surface area contributed by atoms with Gasteiger partial charge in [-0.1, -0.05) is 6.07 Å². The average Bonchev–Trinajstić information content (AvgIpc) is 2.95. The first kappa shape index (κ1) is 14.0. The molecule has 1 aliphatic rings. The molecule has 0 bridgehead atoms. The predicted molar refractivity (Wildman–Crippen MR) is 78.9 cm³/mol. The van der Waals surface area contributed by atoms with Crippen molar-refractivity contribution in [2.24, 2.45) is 0 Å². The maximum atomic E-state index is 12.0. The van der Waals surface area contributed by atoms with Crippen molar-refractivity contribution < 1.29 is 9.53 Å². The zero-order valence-electron chi connectivity index (χ0n) is 12.0. The Morgan fingerprint density at radius 2 is 2.19 bits per heavy atom. The molecule has 0 unspecified atom stereocenters. The molecular weight excluding hydrogens is 268 g/mol. The van der Waals surface area contributed by atoms with Gasteiger partial charge in [0.15, 0.2) is 0 Å². The largest absolute Gasteiger partial charge is 0.378 e. The van der Waals surface area contributed by atoms with Gasteiger partial charge in [-0.2, -0.15) is 5.10 Å². The Kier molecular flexibility index (Phi) is 4.47. The minimum Gasteiger partial charge on any atom is -0.378 e. The summed E-state index contributed by atoms with van der Waals surface area (Å²) in [5.41, 5.74) is 2.25. The lowest BCUT2D eigenvalue weighted by Gasteiger charge is -2.26. The topological polar surface area (TPSA) is 58.9 Å². The zero-order valence-corrected chi connectivity index (χ0v) is 12.0. The second kappa shape index (κ2) is 6.69. The average molecular weight is 288 g/mol. The Balaban J connectivity index is 1.44. The highest BCUT2D eigenvalue weighted by molar-refractivity contribution is 5.76. The van der Waals surface area contributed by atoms with Crippen LogP contribution in [0.15, 0.2) is 30.6 Å². The van der Waals surface area contributed by atoms with Crippen molar-refractivity contribution in [2.75, 3.05) is 32.8 Å². The number of carbonyl (C=O) groups is 1. The lowest BCUT2D eigenvalue weighted by molar-refractivity contribution is -0.135. The molecule has 0 radical (unpaired) electrons. The number of pyridine rings is 1. The summed E-state index contributed by atoms with van der Waals surface area (Å²) in [5.74, 6) is 0.200. The lowest BCUT2D eigenvalue weighted by atomic mass is 10.2. The molecule has 3 rings (SSSR count). The van der Waals surface area contributed by atoms with Crippen molar-refractivity contribution in [3.05, 3.63) is 36.2 Å². The molecular formula is C15H20N4O2. The van der Waals surface area contributed by atoms with Crippen LogP contribution in [0.5, 0.6) is 0 Å². The lowest BCUT2D eigenvalue weighted by Crippen LogP contribution is -2.41. The van der Waals surface area contributed by atoms with Crippen molar-refractivity contribution in [3.8, 4) is 0 Å². The molecule has 0 saturated carbocycles. The second-order valence-corrected chi connectivity index (χ2v) is 5.12. The molecule has 1 saturated heterocycles. The normalized spacial score (nSPS) is 15.5. The van der Waals surface area contributed by atoms with E-state index in [0.717, 1.165) is 17.6 Å². The molecule has 3 heterocycles. The summed E-state index contributed by atoms with van der Waals surface area (Å²) < 4.78 is 7.10. The number of rotatable bonds is 5. The van der Waals surface area contributed by atoms with Crippen molar-refractivity contribution in [3.63, 3.8) is 0 Å². The van der Waals surface area contributed by atoms with Crippen LogP contribution in [0.2, 0.25) is 0 Å². The molecule has 0 aliphatic carbocycles. The molecule has 21 heavy (non-hydrogen) atoms. The van der Waals surface area contributed by atoms with Gasteiger partial charge < -0.3 is 15.0 Å². The summed E-state index contributed by atoms with van der Waals surface area (Å²) in [6, 6.07) is 6.00. The number of fused-ring (bicyclic) bond motifs is 1. The maximum Gasteiger partial charge on any atom is 0.224 e. The van der Waals surface area contributed by atoms with Crippen LogP contribution in [0, 0.1) is 0 Å². The van der Waals surface area contributed by atoms with Gasteiger partial charge in [0.2, 0.25) is 5.91 Å². The first-order chi connectivity index (χ1) is 10.3. The molecule has 0 spiro atoms. The quantitative estimate of drug-likeness (QED) is 0.822. The molecule has 0 atom stereocenters. The number of aromatic nitrogens is 2. The van der Waals surface area contributed by atoms with Crippen LogP contribution in [0.1, 0.15) is 12.0 Å². The van der Waals surface area contributed by atoms with Gasteiger partial charge >= 0.3 is 0 Å². The van der Waals surface area contributed by atoms with E-state index in [2.05, 4.69) is 10.4 Å². The van der Waals surface area contributed by atoms with E-state index < -0.39 is 0 Å². The molecule has 6 heteroatoms. The summed E-state index contributed by atoms with van der Waals surface area (Å²) >= 11 is 0. The van der Waals surface area contributed by atoms with E-state index in [1.165, 1.54) is 0 Å². The van der Waals surface area contributed by atoms with E-state index in [0.29, 0.717) is 39.3 Å². The van der Waals surface area contributed by atoms with Gasteiger partial charge in [-0.05, 0) is 12.1 Å². The third kappa shape index (κ3) is 3.40. The Hall–Kier alpha value is -1.92. The van der Waals surface area contributed by atoms with Crippen LogP contribution in [0.4, 0.5) is 0 Å². The van der Waals surface area contributed by atoms with Crippen molar-refractivity contribution in [2.45, 2.75) is 13.0 Å². The first-order valence-electron chi connectivity index (χ1n) is 7.32. The maximum absolute atomic E-state index is 12.0. The number of nitrogens with zero attached hydrogens (tertiary/aromatic N) is 3. The summed E-state index contributed by atoms with van der Waals surface area (Å²) in [6.45, 7) is 4.15. The van der Waals surface area contributed by atoms with Gasteiger partial charge in [-0.25, -0.2) is 4.52 Å². The molecule has 2 aromatic heterocycles. The Bertz CT molecular complexity index is 604. The van der Waals surface area contributed by atoms with Crippen molar-refractivity contribution in [1.29, 1.82) is 0 Å². The Labute approximate surface area is 123 Å².